The Bertz CT molecular complexity index is 785. The molecule has 0 bridgehead atoms. The Labute approximate surface area is 158 Å². The lowest BCUT2D eigenvalue weighted by Gasteiger charge is -2.21. The normalized spacial score (nSPS) is 18.9. The van der Waals surface area contributed by atoms with Crippen LogP contribution in [-0.2, 0) is 16.0 Å². The van der Waals surface area contributed by atoms with Crippen LogP contribution in [-0.4, -0.2) is 12.1 Å². The number of rotatable bonds is 3. The standard InChI is InChI=1S/C24H28O2/c1-5-19-14-12-13-15-20(19)18-21-16-10-8-6-7-9-11-17-22(21)26-23(25)24(2,3)4/h12-15,18,22H,5-9H2,1-4H3/b21-18+. The van der Waals surface area contributed by atoms with Crippen molar-refractivity contribution in [2.45, 2.75) is 65.9 Å². The van der Waals surface area contributed by atoms with Crippen LogP contribution in [0, 0.1) is 29.1 Å². The molecule has 0 spiro atoms. The van der Waals surface area contributed by atoms with E-state index >= 15 is 0 Å². The van der Waals surface area contributed by atoms with Gasteiger partial charge in [-0.05, 0) is 57.2 Å². The quantitative estimate of drug-likeness (QED) is 0.556. The molecule has 2 nitrogen and oxygen atoms in total. The Kier molecular flexibility index (Phi) is 7.11. The van der Waals surface area contributed by atoms with E-state index < -0.39 is 11.5 Å². The molecule has 0 N–H and O–H groups in total. The van der Waals surface area contributed by atoms with Gasteiger partial charge < -0.3 is 4.74 Å². The van der Waals surface area contributed by atoms with E-state index in [4.69, 9.17) is 4.74 Å². The Morgan fingerprint density at radius 1 is 1.19 bits per heavy atom. The molecule has 1 atom stereocenters. The minimum absolute atomic E-state index is 0.259. The maximum atomic E-state index is 12.4. The second kappa shape index (κ2) is 9.30. The molecule has 0 radical (unpaired) electrons. The number of benzene rings is 1. The molecule has 1 unspecified atom stereocenters. The van der Waals surface area contributed by atoms with E-state index in [0.717, 1.165) is 43.2 Å². The van der Waals surface area contributed by atoms with Crippen molar-refractivity contribution in [3.8, 4) is 23.7 Å². The van der Waals surface area contributed by atoms with Crippen LogP contribution in [0.3, 0.4) is 0 Å². The van der Waals surface area contributed by atoms with E-state index in [-0.39, 0.29) is 5.97 Å². The molecular weight excluding hydrogens is 320 g/mol. The van der Waals surface area contributed by atoms with Crippen LogP contribution in [0.2, 0.25) is 0 Å². The van der Waals surface area contributed by atoms with E-state index in [1.54, 1.807) is 0 Å². The van der Waals surface area contributed by atoms with Gasteiger partial charge in [0.1, 0.15) is 0 Å². The number of hydrogen-bond acceptors (Lipinski definition) is 2. The van der Waals surface area contributed by atoms with Gasteiger partial charge in [-0.3, -0.25) is 4.79 Å². The summed E-state index contributed by atoms with van der Waals surface area (Å²) in [5.74, 6) is 12.5. The lowest BCUT2D eigenvalue weighted by atomic mass is 9.96. The summed E-state index contributed by atoms with van der Waals surface area (Å²) in [6, 6.07) is 8.24. The monoisotopic (exact) mass is 348 g/mol. The van der Waals surface area contributed by atoms with Gasteiger partial charge in [0.05, 0.1) is 11.0 Å². The lowest BCUT2D eigenvalue weighted by molar-refractivity contribution is -0.154. The van der Waals surface area contributed by atoms with Gasteiger partial charge in [-0.15, -0.1) is 0 Å². The molecule has 0 fully saturated rings. The third-order valence-corrected chi connectivity index (χ3v) is 4.19. The van der Waals surface area contributed by atoms with E-state index in [9.17, 15) is 4.79 Å². The van der Waals surface area contributed by atoms with Crippen LogP contribution in [0.25, 0.3) is 6.08 Å². The van der Waals surface area contributed by atoms with Gasteiger partial charge in [0.2, 0.25) is 0 Å². The summed E-state index contributed by atoms with van der Waals surface area (Å²) < 4.78 is 5.76. The van der Waals surface area contributed by atoms with E-state index in [1.165, 1.54) is 5.56 Å². The molecule has 1 aromatic rings. The van der Waals surface area contributed by atoms with Crippen molar-refractivity contribution < 1.29 is 9.53 Å². The number of aryl methyl sites for hydroxylation is 1. The summed E-state index contributed by atoms with van der Waals surface area (Å²) in [5, 5.41) is 0. The van der Waals surface area contributed by atoms with E-state index in [0.29, 0.717) is 0 Å². The van der Waals surface area contributed by atoms with Crippen molar-refractivity contribution in [1.82, 2.24) is 0 Å². The molecule has 0 saturated carbocycles. The minimum atomic E-state index is -0.614. The van der Waals surface area contributed by atoms with Crippen molar-refractivity contribution in [2.24, 2.45) is 5.41 Å². The first-order valence-corrected chi connectivity index (χ1v) is 9.39. The summed E-state index contributed by atoms with van der Waals surface area (Å²) in [6.45, 7) is 7.69. The van der Waals surface area contributed by atoms with Crippen LogP contribution in [0.5, 0.6) is 0 Å². The number of esters is 1. The minimum Gasteiger partial charge on any atom is -0.443 e. The topological polar surface area (TPSA) is 26.3 Å². The molecule has 0 aliphatic heterocycles. The highest BCUT2D eigenvalue weighted by atomic mass is 16.5. The van der Waals surface area contributed by atoms with E-state index in [2.05, 4.69) is 42.7 Å². The zero-order chi connectivity index (χ0) is 19.0. The highest BCUT2D eigenvalue weighted by Crippen LogP contribution is 2.21. The number of carbonyl (C=O) groups excluding carboxylic acids is 1. The first-order chi connectivity index (χ1) is 12.4. The molecule has 136 valence electrons. The van der Waals surface area contributed by atoms with Gasteiger partial charge in [-0.1, -0.05) is 54.9 Å². The van der Waals surface area contributed by atoms with Crippen LogP contribution in [0.15, 0.2) is 29.8 Å². The fourth-order valence-electron chi connectivity index (χ4n) is 2.55. The highest BCUT2D eigenvalue weighted by molar-refractivity contribution is 5.77. The fourth-order valence-corrected chi connectivity index (χ4v) is 2.55. The molecule has 0 aromatic heterocycles. The van der Waals surface area contributed by atoms with Gasteiger partial charge in [0.15, 0.2) is 6.10 Å². The summed E-state index contributed by atoms with van der Waals surface area (Å²) in [4.78, 5) is 12.4. The fraction of sp³-hybridized carbons (Fsp3) is 0.458. The maximum absolute atomic E-state index is 12.4. The average Bonchev–Trinajstić information content (AvgIpc) is 2.61. The summed E-state index contributed by atoms with van der Waals surface area (Å²) >= 11 is 0. The van der Waals surface area contributed by atoms with Crippen molar-refractivity contribution in [3.63, 3.8) is 0 Å². The summed E-state index contributed by atoms with van der Waals surface area (Å²) in [7, 11) is 0. The Hall–Kier alpha value is -2.45. The van der Waals surface area contributed by atoms with E-state index in [1.807, 2.05) is 39.0 Å². The molecule has 0 heterocycles. The molecule has 1 aromatic carbocycles. The summed E-state index contributed by atoms with van der Waals surface area (Å²) in [6.07, 6.45) is 6.08. The van der Waals surface area contributed by atoms with Gasteiger partial charge in [0, 0.05) is 12.8 Å². The van der Waals surface area contributed by atoms with Crippen molar-refractivity contribution in [1.29, 1.82) is 0 Å². The van der Waals surface area contributed by atoms with Gasteiger partial charge in [-0.25, -0.2) is 0 Å². The zero-order valence-electron chi connectivity index (χ0n) is 16.3. The smallest absolute Gasteiger partial charge is 0.312 e. The first-order valence-electron chi connectivity index (χ1n) is 9.39. The van der Waals surface area contributed by atoms with Crippen LogP contribution < -0.4 is 0 Å². The zero-order valence-corrected chi connectivity index (χ0v) is 16.3. The third kappa shape index (κ3) is 5.82. The number of hydrogen-bond donors (Lipinski definition) is 0. The van der Waals surface area contributed by atoms with Crippen LogP contribution in [0.1, 0.15) is 64.5 Å². The Morgan fingerprint density at radius 2 is 1.88 bits per heavy atom. The maximum Gasteiger partial charge on any atom is 0.312 e. The first kappa shape index (κ1) is 19.9. The molecule has 1 aliphatic carbocycles. The second-order valence-electron chi connectivity index (χ2n) is 7.52. The molecule has 0 amide bonds. The SMILES string of the molecule is CCc1ccccc1/C=C1\C#CCCCCC#CC1OC(=O)C(C)(C)C. The number of carbonyl (C=O) groups is 1. The Morgan fingerprint density at radius 3 is 2.58 bits per heavy atom. The van der Waals surface area contributed by atoms with Gasteiger partial charge in [-0.2, -0.15) is 0 Å². The van der Waals surface area contributed by atoms with Crippen molar-refractivity contribution in [2.75, 3.05) is 0 Å². The Balaban J connectivity index is 2.45. The summed E-state index contributed by atoms with van der Waals surface area (Å²) in [5.41, 5.74) is 2.54. The molecule has 26 heavy (non-hydrogen) atoms. The third-order valence-electron chi connectivity index (χ3n) is 4.19. The average molecular weight is 348 g/mol. The molecule has 2 heteroatoms. The molecule has 0 saturated heterocycles. The second-order valence-corrected chi connectivity index (χ2v) is 7.52. The van der Waals surface area contributed by atoms with Gasteiger partial charge >= 0.3 is 5.97 Å². The molecular formula is C24H28O2. The van der Waals surface area contributed by atoms with Crippen molar-refractivity contribution >= 4 is 12.0 Å². The lowest BCUT2D eigenvalue weighted by Crippen LogP contribution is -2.28. The number of ether oxygens (including phenoxy) is 1. The van der Waals surface area contributed by atoms with Crippen LogP contribution in [0.4, 0.5) is 0 Å². The molecule has 2 rings (SSSR count). The highest BCUT2D eigenvalue weighted by Gasteiger charge is 2.27. The van der Waals surface area contributed by atoms with Crippen LogP contribution >= 0.6 is 0 Å². The van der Waals surface area contributed by atoms with Gasteiger partial charge in [0.25, 0.3) is 0 Å². The largest absolute Gasteiger partial charge is 0.443 e. The predicted octanol–water partition coefficient (Wildman–Crippen LogP) is 5.17. The van der Waals surface area contributed by atoms with Crippen molar-refractivity contribution in [3.05, 3.63) is 41.0 Å². The molecule has 1 aliphatic rings. The predicted molar refractivity (Wildman–Crippen MR) is 107 cm³/mol.